The maximum Gasteiger partial charge on any atom is 0.303 e. The maximum atomic E-state index is 10.2. The van der Waals surface area contributed by atoms with Crippen LogP contribution in [0.3, 0.4) is 0 Å². The van der Waals surface area contributed by atoms with Crippen LogP contribution >= 0.6 is 0 Å². The van der Waals surface area contributed by atoms with Crippen molar-refractivity contribution in [2.75, 3.05) is 0 Å². The third-order valence-corrected chi connectivity index (χ3v) is 2.28. The van der Waals surface area contributed by atoms with Crippen LogP contribution in [-0.4, -0.2) is 16.7 Å². The van der Waals surface area contributed by atoms with Gasteiger partial charge >= 0.3 is 5.97 Å². The van der Waals surface area contributed by atoms with Crippen molar-refractivity contribution in [2.45, 2.75) is 57.5 Å². The van der Waals surface area contributed by atoms with Crippen LogP contribution in [0.15, 0.2) is 0 Å². The monoisotopic (exact) mass is 202 g/mol. The first-order chi connectivity index (χ1) is 6.48. The Hall–Kier alpha value is -0.610. The van der Waals surface area contributed by atoms with Crippen molar-refractivity contribution in [1.82, 2.24) is 0 Å². The first-order valence-corrected chi connectivity index (χ1v) is 5.27. The molecule has 4 nitrogen and oxygen atoms in total. The van der Waals surface area contributed by atoms with Crippen LogP contribution in [0, 0.1) is 0 Å². The van der Waals surface area contributed by atoms with E-state index in [1.165, 1.54) is 0 Å². The third kappa shape index (κ3) is 8.01. The fraction of sp³-hybridized carbons (Fsp3) is 0.900. The maximum absolute atomic E-state index is 10.2. The standard InChI is InChI=1S/C10H22N2O2/c1-2-3-7-10(11,12)8-5-4-6-9(13)14/h2-8,11-12H2,1H3,(H,13,14). The highest BCUT2D eigenvalue weighted by Gasteiger charge is 2.17. The molecule has 0 saturated carbocycles. The number of unbranched alkanes of at least 4 members (excludes halogenated alkanes) is 2. The van der Waals surface area contributed by atoms with Gasteiger partial charge in [0, 0.05) is 6.42 Å². The Kier molecular flexibility index (Phi) is 6.49. The average Bonchev–Trinajstić information content (AvgIpc) is 2.09. The van der Waals surface area contributed by atoms with Crippen molar-refractivity contribution in [3.05, 3.63) is 0 Å². The van der Waals surface area contributed by atoms with Gasteiger partial charge in [-0.2, -0.15) is 0 Å². The van der Waals surface area contributed by atoms with Crippen molar-refractivity contribution in [2.24, 2.45) is 11.5 Å². The van der Waals surface area contributed by atoms with E-state index >= 15 is 0 Å². The zero-order valence-corrected chi connectivity index (χ0v) is 8.96. The number of rotatable bonds is 8. The minimum absolute atomic E-state index is 0.212. The van der Waals surface area contributed by atoms with Crippen LogP contribution in [-0.2, 0) is 4.79 Å². The van der Waals surface area contributed by atoms with E-state index in [9.17, 15) is 4.79 Å². The summed E-state index contributed by atoms with van der Waals surface area (Å²) in [6, 6.07) is 0. The molecule has 0 radical (unpaired) electrons. The van der Waals surface area contributed by atoms with Gasteiger partial charge in [-0.05, 0) is 25.7 Å². The lowest BCUT2D eigenvalue weighted by molar-refractivity contribution is -0.137. The topological polar surface area (TPSA) is 89.3 Å². The molecule has 0 rings (SSSR count). The Morgan fingerprint density at radius 1 is 1.21 bits per heavy atom. The normalized spacial score (nSPS) is 11.6. The molecular weight excluding hydrogens is 180 g/mol. The Balaban J connectivity index is 3.49. The zero-order chi connectivity index (χ0) is 11.0. The molecule has 0 aromatic heterocycles. The second-order valence-corrected chi connectivity index (χ2v) is 3.94. The summed E-state index contributed by atoms with van der Waals surface area (Å²) in [7, 11) is 0. The highest BCUT2D eigenvalue weighted by Crippen LogP contribution is 2.13. The van der Waals surface area contributed by atoms with Gasteiger partial charge in [-0.1, -0.05) is 19.8 Å². The van der Waals surface area contributed by atoms with E-state index in [4.69, 9.17) is 16.6 Å². The highest BCUT2D eigenvalue weighted by atomic mass is 16.4. The van der Waals surface area contributed by atoms with Crippen LogP contribution in [0.1, 0.15) is 51.9 Å². The van der Waals surface area contributed by atoms with Crippen molar-refractivity contribution >= 4 is 5.97 Å². The zero-order valence-electron chi connectivity index (χ0n) is 8.96. The minimum atomic E-state index is -0.752. The van der Waals surface area contributed by atoms with Gasteiger partial charge in [0.25, 0.3) is 0 Å². The van der Waals surface area contributed by atoms with E-state index in [0.29, 0.717) is 12.8 Å². The van der Waals surface area contributed by atoms with Gasteiger partial charge in [-0.3, -0.25) is 4.79 Å². The summed E-state index contributed by atoms with van der Waals surface area (Å²) in [5.74, 6) is -0.752. The predicted molar refractivity (Wildman–Crippen MR) is 56.7 cm³/mol. The van der Waals surface area contributed by atoms with Crippen molar-refractivity contribution in [1.29, 1.82) is 0 Å². The number of hydrogen-bond acceptors (Lipinski definition) is 3. The summed E-state index contributed by atoms with van der Waals surface area (Å²) < 4.78 is 0. The van der Waals surface area contributed by atoms with Crippen LogP contribution in [0.25, 0.3) is 0 Å². The van der Waals surface area contributed by atoms with Gasteiger partial charge < -0.3 is 16.6 Å². The molecule has 0 unspecified atom stereocenters. The predicted octanol–water partition coefficient (Wildman–Crippen LogP) is 1.44. The number of hydrogen-bond donors (Lipinski definition) is 3. The average molecular weight is 202 g/mol. The molecule has 84 valence electrons. The fourth-order valence-corrected chi connectivity index (χ4v) is 1.36. The highest BCUT2D eigenvalue weighted by molar-refractivity contribution is 5.66. The lowest BCUT2D eigenvalue weighted by Gasteiger charge is -2.24. The third-order valence-electron chi connectivity index (χ3n) is 2.28. The van der Waals surface area contributed by atoms with E-state index in [0.717, 1.165) is 25.7 Å². The minimum Gasteiger partial charge on any atom is -0.481 e. The summed E-state index contributed by atoms with van der Waals surface area (Å²) in [4.78, 5) is 10.2. The molecule has 0 aliphatic heterocycles. The Morgan fingerprint density at radius 2 is 1.79 bits per heavy atom. The summed E-state index contributed by atoms with van der Waals surface area (Å²) in [6.45, 7) is 2.10. The molecule has 14 heavy (non-hydrogen) atoms. The van der Waals surface area contributed by atoms with E-state index in [2.05, 4.69) is 6.92 Å². The van der Waals surface area contributed by atoms with Crippen molar-refractivity contribution in [3.63, 3.8) is 0 Å². The number of carboxylic acids is 1. The molecule has 0 aromatic carbocycles. The molecular formula is C10H22N2O2. The van der Waals surface area contributed by atoms with E-state index in [-0.39, 0.29) is 6.42 Å². The van der Waals surface area contributed by atoms with Crippen LogP contribution in [0.4, 0.5) is 0 Å². The van der Waals surface area contributed by atoms with E-state index in [1.54, 1.807) is 0 Å². The van der Waals surface area contributed by atoms with Gasteiger partial charge in [0.05, 0.1) is 5.66 Å². The van der Waals surface area contributed by atoms with Gasteiger partial charge in [0.1, 0.15) is 0 Å². The van der Waals surface area contributed by atoms with Crippen molar-refractivity contribution < 1.29 is 9.90 Å². The molecule has 0 spiro atoms. The van der Waals surface area contributed by atoms with Gasteiger partial charge in [-0.25, -0.2) is 0 Å². The smallest absolute Gasteiger partial charge is 0.303 e. The lowest BCUT2D eigenvalue weighted by atomic mass is 9.97. The first kappa shape index (κ1) is 13.4. The number of aliphatic carboxylic acids is 1. The van der Waals surface area contributed by atoms with E-state index in [1.807, 2.05) is 0 Å². The number of carbonyl (C=O) groups is 1. The largest absolute Gasteiger partial charge is 0.481 e. The quantitative estimate of drug-likeness (QED) is 0.410. The fourth-order valence-electron chi connectivity index (χ4n) is 1.36. The lowest BCUT2D eigenvalue weighted by Crippen LogP contribution is -2.49. The number of carboxylic acid groups (broad SMARTS) is 1. The molecule has 0 saturated heterocycles. The van der Waals surface area contributed by atoms with Crippen LogP contribution in [0.5, 0.6) is 0 Å². The molecule has 0 heterocycles. The molecule has 0 bridgehead atoms. The summed E-state index contributed by atoms with van der Waals surface area (Å²) in [5, 5.41) is 8.42. The van der Waals surface area contributed by atoms with Crippen molar-refractivity contribution in [3.8, 4) is 0 Å². The van der Waals surface area contributed by atoms with Crippen LogP contribution in [0.2, 0.25) is 0 Å². The summed E-state index contributed by atoms with van der Waals surface area (Å²) in [5.41, 5.74) is 11.1. The molecule has 0 amide bonds. The Morgan fingerprint density at radius 3 is 2.29 bits per heavy atom. The Bertz CT molecular complexity index is 170. The molecule has 0 aromatic rings. The molecule has 0 aliphatic rings. The van der Waals surface area contributed by atoms with Gasteiger partial charge in [-0.15, -0.1) is 0 Å². The van der Waals surface area contributed by atoms with E-state index < -0.39 is 11.6 Å². The SMILES string of the molecule is CCCCC(N)(N)CCCCC(=O)O. The first-order valence-electron chi connectivity index (χ1n) is 5.27. The summed E-state index contributed by atoms with van der Waals surface area (Å²) >= 11 is 0. The molecule has 5 N–H and O–H groups in total. The van der Waals surface area contributed by atoms with Gasteiger partial charge in [0.2, 0.25) is 0 Å². The second kappa shape index (κ2) is 6.79. The second-order valence-electron chi connectivity index (χ2n) is 3.94. The van der Waals surface area contributed by atoms with Gasteiger partial charge in [0.15, 0.2) is 0 Å². The molecule has 0 aliphatic carbocycles. The number of nitrogens with two attached hydrogens (primary N) is 2. The molecule has 0 atom stereocenters. The Labute approximate surface area is 85.7 Å². The summed E-state index contributed by atoms with van der Waals surface area (Å²) in [6.07, 6.45) is 5.32. The molecule has 4 heteroatoms. The van der Waals surface area contributed by atoms with Crippen LogP contribution < -0.4 is 11.5 Å². The molecule has 0 fully saturated rings.